The zero-order valence-corrected chi connectivity index (χ0v) is 15.7. The van der Waals surface area contributed by atoms with Crippen molar-refractivity contribution < 1.29 is 24.0 Å². The van der Waals surface area contributed by atoms with Crippen LogP contribution >= 0.6 is 11.6 Å². The van der Waals surface area contributed by atoms with E-state index < -0.39 is 17.5 Å². The van der Waals surface area contributed by atoms with Gasteiger partial charge >= 0.3 is 5.97 Å². The van der Waals surface area contributed by atoms with E-state index in [1.165, 1.54) is 42.5 Å². The maximum atomic E-state index is 12.2. The number of ether oxygens (including phenoxy) is 2. The third-order valence-corrected chi connectivity index (χ3v) is 4.09. The average molecular weight is 412 g/mol. The molecule has 7 nitrogen and oxygen atoms in total. The summed E-state index contributed by atoms with van der Waals surface area (Å²) in [5.41, 5.74) is 0.572. The zero-order chi connectivity index (χ0) is 20.8. The van der Waals surface area contributed by atoms with Crippen molar-refractivity contribution in [2.75, 3.05) is 6.61 Å². The summed E-state index contributed by atoms with van der Waals surface area (Å²) < 4.78 is 10.6. The van der Waals surface area contributed by atoms with Crippen molar-refractivity contribution in [2.45, 2.75) is 0 Å². The van der Waals surface area contributed by atoms with Crippen LogP contribution in [0.25, 0.3) is 0 Å². The molecule has 0 unspecified atom stereocenters. The monoisotopic (exact) mass is 411 g/mol. The first kappa shape index (κ1) is 20.0. The normalized spacial score (nSPS) is 10.2. The lowest BCUT2D eigenvalue weighted by Crippen LogP contribution is -2.14. The highest BCUT2D eigenvalue weighted by Gasteiger charge is 2.12. The fraction of sp³-hybridized carbons (Fsp3) is 0.0476. The number of carbonyl (C=O) groups excluding carboxylic acids is 2. The molecule has 0 heterocycles. The topological polar surface area (TPSA) is 95.7 Å². The minimum Gasteiger partial charge on any atom is -0.457 e. The number of non-ortho nitro benzene ring substituents is 1. The van der Waals surface area contributed by atoms with Gasteiger partial charge in [-0.15, -0.1) is 0 Å². The fourth-order valence-electron chi connectivity index (χ4n) is 2.39. The maximum absolute atomic E-state index is 12.2. The Labute approximate surface area is 170 Å². The molecule has 0 fully saturated rings. The predicted octanol–water partition coefficient (Wildman–Crippen LogP) is 5.08. The first-order chi connectivity index (χ1) is 13.9. The molecule has 146 valence electrons. The Balaban J connectivity index is 1.57. The number of carbonyl (C=O) groups is 2. The van der Waals surface area contributed by atoms with Crippen LogP contribution in [0.5, 0.6) is 11.5 Å². The second kappa shape index (κ2) is 8.99. The van der Waals surface area contributed by atoms with Crippen LogP contribution in [0, 0.1) is 10.1 Å². The van der Waals surface area contributed by atoms with Gasteiger partial charge in [0.05, 0.1) is 10.5 Å². The Morgan fingerprint density at radius 2 is 1.52 bits per heavy atom. The lowest BCUT2D eigenvalue weighted by Gasteiger charge is -2.07. The summed E-state index contributed by atoms with van der Waals surface area (Å²) in [5, 5.41) is 11.1. The molecule has 3 aromatic carbocycles. The predicted molar refractivity (Wildman–Crippen MR) is 106 cm³/mol. The molecular weight excluding hydrogens is 398 g/mol. The fourth-order valence-corrected chi connectivity index (χ4v) is 2.58. The summed E-state index contributed by atoms with van der Waals surface area (Å²) in [7, 11) is 0. The van der Waals surface area contributed by atoms with E-state index in [-0.39, 0.29) is 17.0 Å². The van der Waals surface area contributed by atoms with E-state index in [2.05, 4.69) is 0 Å². The van der Waals surface area contributed by atoms with Crippen molar-refractivity contribution in [1.29, 1.82) is 0 Å². The van der Waals surface area contributed by atoms with Gasteiger partial charge in [0, 0.05) is 22.7 Å². The summed E-state index contributed by atoms with van der Waals surface area (Å²) in [5.74, 6) is -0.141. The highest BCUT2D eigenvalue weighted by Crippen LogP contribution is 2.24. The first-order valence-corrected chi connectivity index (χ1v) is 8.78. The summed E-state index contributed by atoms with van der Waals surface area (Å²) in [6.07, 6.45) is 0. The van der Waals surface area contributed by atoms with Gasteiger partial charge in [-0.1, -0.05) is 17.7 Å². The Hall–Kier alpha value is -3.71. The van der Waals surface area contributed by atoms with Gasteiger partial charge in [0.15, 0.2) is 12.4 Å². The minimum atomic E-state index is -0.640. The molecule has 0 atom stereocenters. The van der Waals surface area contributed by atoms with Crippen molar-refractivity contribution in [3.63, 3.8) is 0 Å². The number of nitrogens with zero attached hydrogens (tertiary/aromatic N) is 1. The number of benzene rings is 3. The number of hydrogen-bond acceptors (Lipinski definition) is 6. The number of nitro groups is 1. The Morgan fingerprint density at radius 3 is 2.10 bits per heavy atom. The number of nitro benzene ring substituents is 1. The molecule has 0 saturated heterocycles. The van der Waals surface area contributed by atoms with Crippen molar-refractivity contribution in [1.82, 2.24) is 0 Å². The van der Waals surface area contributed by atoms with Gasteiger partial charge in [0.2, 0.25) is 0 Å². The van der Waals surface area contributed by atoms with E-state index in [4.69, 9.17) is 21.1 Å². The molecule has 0 aromatic heterocycles. The van der Waals surface area contributed by atoms with E-state index in [0.717, 1.165) is 0 Å². The van der Waals surface area contributed by atoms with Gasteiger partial charge in [-0.3, -0.25) is 14.9 Å². The van der Waals surface area contributed by atoms with E-state index in [1.807, 2.05) is 0 Å². The van der Waals surface area contributed by atoms with Gasteiger partial charge < -0.3 is 9.47 Å². The summed E-state index contributed by atoms with van der Waals surface area (Å²) >= 11 is 5.83. The lowest BCUT2D eigenvalue weighted by atomic mass is 10.1. The zero-order valence-electron chi connectivity index (χ0n) is 14.9. The van der Waals surface area contributed by atoms with Gasteiger partial charge in [-0.05, 0) is 54.6 Å². The number of halogens is 1. The smallest absolute Gasteiger partial charge is 0.338 e. The molecule has 0 amide bonds. The molecule has 0 saturated carbocycles. The second-order valence-electron chi connectivity index (χ2n) is 5.89. The van der Waals surface area contributed by atoms with Crippen LogP contribution in [-0.2, 0) is 4.74 Å². The first-order valence-electron chi connectivity index (χ1n) is 8.40. The van der Waals surface area contributed by atoms with Crippen molar-refractivity contribution in [3.8, 4) is 11.5 Å². The highest BCUT2D eigenvalue weighted by atomic mass is 35.5. The molecule has 8 heteroatoms. The highest BCUT2D eigenvalue weighted by molar-refractivity contribution is 6.30. The van der Waals surface area contributed by atoms with Crippen LogP contribution in [0.2, 0.25) is 5.02 Å². The average Bonchev–Trinajstić information content (AvgIpc) is 2.72. The SMILES string of the molecule is O=C(COC(=O)c1cccc(Cl)c1)c1ccc(Oc2ccc([N+](=O)[O-])cc2)cc1. The van der Waals surface area contributed by atoms with Gasteiger partial charge in [-0.2, -0.15) is 0 Å². The van der Waals surface area contributed by atoms with Crippen LogP contribution in [0.4, 0.5) is 5.69 Å². The van der Waals surface area contributed by atoms with E-state index in [1.54, 1.807) is 30.3 Å². The Morgan fingerprint density at radius 1 is 0.897 bits per heavy atom. The van der Waals surface area contributed by atoms with Gasteiger partial charge in [0.25, 0.3) is 5.69 Å². The lowest BCUT2D eigenvalue weighted by molar-refractivity contribution is -0.384. The van der Waals surface area contributed by atoms with Crippen LogP contribution < -0.4 is 4.74 Å². The summed E-state index contributed by atoms with van der Waals surface area (Å²) in [6, 6.07) is 18.1. The van der Waals surface area contributed by atoms with E-state index in [9.17, 15) is 19.7 Å². The Kier molecular flexibility index (Phi) is 6.21. The molecular formula is C21H14ClNO6. The molecule has 0 N–H and O–H groups in total. The molecule has 0 aliphatic rings. The molecule has 3 aromatic rings. The number of Topliss-reactive ketones (excluding diaryl/α,β-unsaturated/α-hetero) is 1. The molecule has 0 radical (unpaired) electrons. The third-order valence-electron chi connectivity index (χ3n) is 3.85. The molecule has 0 bridgehead atoms. The minimum absolute atomic E-state index is 0.0365. The molecule has 0 spiro atoms. The van der Waals surface area contributed by atoms with Crippen molar-refractivity contribution in [2.24, 2.45) is 0 Å². The molecule has 29 heavy (non-hydrogen) atoms. The summed E-state index contributed by atoms with van der Waals surface area (Å²) in [6.45, 7) is -0.409. The number of hydrogen-bond donors (Lipinski definition) is 0. The van der Waals surface area contributed by atoms with Crippen LogP contribution in [0.1, 0.15) is 20.7 Å². The molecule has 0 aliphatic heterocycles. The molecule has 3 rings (SSSR count). The maximum Gasteiger partial charge on any atom is 0.338 e. The van der Waals surface area contributed by atoms with Crippen LogP contribution in [-0.4, -0.2) is 23.3 Å². The standard InChI is InChI=1S/C21H14ClNO6/c22-16-3-1-2-15(12-16)21(25)28-13-20(24)14-4-8-18(9-5-14)29-19-10-6-17(7-11-19)23(26)27/h1-12H,13H2. The van der Waals surface area contributed by atoms with Gasteiger partial charge in [-0.25, -0.2) is 4.79 Å². The van der Waals surface area contributed by atoms with Crippen molar-refractivity contribution in [3.05, 3.63) is 99.1 Å². The van der Waals surface area contributed by atoms with Gasteiger partial charge in [0.1, 0.15) is 11.5 Å². The van der Waals surface area contributed by atoms with Crippen molar-refractivity contribution >= 4 is 29.0 Å². The van der Waals surface area contributed by atoms with E-state index >= 15 is 0 Å². The van der Waals surface area contributed by atoms with Crippen LogP contribution in [0.15, 0.2) is 72.8 Å². The van der Waals surface area contributed by atoms with E-state index in [0.29, 0.717) is 22.1 Å². The second-order valence-corrected chi connectivity index (χ2v) is 6.32. The number of rotatable bonds is 7. The number of esters is 1. The Bertz CT molecular complexity index is 1050. The summed E-state index contributed by atoms with van der Waals surface area (Å²) in [4.78, 5) is 34.3. The quantitative estimate of drug-likeness (QED) is 0.233. The third kappa shape index (κ3) is 5.40. The largest absolute Gasteiger partial charge is 0.457 e. The van der Waals surface area contributed by atoms with Crippen LogP contribution in [0.3, 0.4) is 0 Å². The number of ketones is 1. The molecule has 0 aliphatic carbocycles.